The molecule has 1 saturated carbocycles. The number of aromatic nitrogens is 2. The molecule has 5 nitrogen and oxygen atoms in total. The molecule has 3 atom stereocenters. The molecule has 0 bridgehead atoms. The van der Waals surface area contributed by atoms with Gasteiger partial charge in [0.2, 0.25) is 0 Å². The van der Waals surface area contributed by atoms with Crippen LogP contribution in [0.5, 0.6) is 0 Å². The third-order valence-electron chi connectivity index (χ3n) is 3.69. The molecule has 0 amide bonds. The molecule has 1 aromatic heterocycles. The molecule has 1 heterocycles. The lowest BCUT2D eigenvalue weighted by molar-refractivity contribution is -0.00855. The van der Waals surface area contributed by atoms with E-state index in [1.165, 1.54) is 18.0 Å². The highest BCUT2D eigenvalue weighted by atomic mass is 32.1. The molecule has 3 unspecified atom stereocenters. The zero-order valence-corrected chi connectivity index (χ0v) is 11.2. The van der Waals surface area contributed by atoms with Gasteiger partial charge in [0.15, 0.2) is 0 Å². The van der Waals surface area contributed by atoms with Gasteiger partial charge in [-0.2, -0.15) is 0 Å². The molecule has 6 heteroatoms. The summed E-state index contributed by atoms with van der Waals surface area (Å²) in [6.45, 7) is 5.13. The number of anilines is 1. The molecule has 1 aliphatic rings. The molecule has 0 spiro atoms. The standard InChI is InChI=1S/C11H20N4OS/c1-7-3-4-9(5-8(7)2)16-6-10-11(13-12)17-15-14-10/h7-9,13H,3-6,12H2,1-2H3. The maximum atomic E-state index is 5.90. The van der Waals surface area contributed by atoms with Gasteiger partial charge < -0.3 is 10.2 Å². The summed E-state index contributed by atoms with van der Waals surface area (Å²) >= 11 is 1.26. The predicted molar refractivity (Wildman–Crippen MR) is 68.5 cm³/mol. The first-order valence-electron chi connectivity index (χ1n) is 6.10. The minimum Gasteiger partial charge on any atom is -0.372 e. The molecule has 0 aliphatic heterocycles. The first kappa shape index (κ1) is 12.7. The van der Waals surface area contributed by atoms with Crippen LogP contribution in [0.2, 0.25) is 0 Å². The Hall–Kier alpha value is -0.720. The lowest BCUT2D eigenvalue weighted by Crippen LogP contribution is -2.26. The molecule has 0 saturated heterocycles. The third-order valence-corrected chi connectivity index (χ3v) is 4.39. The van der Waals surface area contributed by atoms with Crippen molar-refractivity contribution in [2.24, 2.45) is 17.7 Å². The monoisotopic (exact) mass is 256 g/mol. The van der Waals surface area contributed by atoms with Crippen LogP contribution >= 0.6 is 11.5 Å². The summed E-state index contributed by atoms with van der Waals surface area (Å²) < 4.78 is 9.75. The van der Waals surface area contributed by atoms with Crippen LogP contribution in [0.15, 0.2) is 0 Å². The Balaban J connectivity index is 1.82. The second kappa shape index (κ2) is 5.75. The van der Waals surface area contributed by atoms with E-state index >= 15 is 0 Å². The van der Waals surface area contributed by atoms with E-state index in [1.54, 1.807) is 0 Å². The zero-order chi connectivity index (χ0) is 12.3. The van der Waals surface area contributed by atoms with Crippen molar-refractivity contribution in [3.63, 3.8) is 0 Å². The molecule has 1 fully saturated rings. The number of hydrazine groups is 1. The van der Waals surface area contributed by atoms with Crippen molar-refractivity contribution >= 4 is 16.5 Å². The summed E-state index contributed by atoms with van der Waals surface area (Å²) in [4.78, 5) is 0. The fourth-order valence-electron chi connectivity index (χ4n) is 2.26. The van der Waals surface area contributed by atoms with Gasteiger partial charge in [-0.1, -0.05) is 18.3 Å². The van der Waals surface area contributed by atoms with Crippen molar-refractivity contribution in [2.75, 3.05) is 5.43 Å². The van der Waals surface area contributed by atoms with Gasteiger partial charge in [-0.3, -0.25) is 0 Å². The average Bonchev–Trinajstić information content (AvgIpc) is 2.78. The molecule has 1 aromatic rings. The number of nitrogens with two attached hydrogens (primary N) is 1. The molecular weight excluding hydrogens is 236 g/mol. The average molecular weight is 256 g/mol. The molecule has 96 valence electrons. The van der Waals surface area contributed by atoms with E-state index in [0.717, 1.165) is 35.4 Å². The highest BCUT2D eigenvalue weighted by molar-refractivity contribution is 7.10. The summed E-state index contributed by atoms with van der Waals surface area (Å²) in [7, 11) is 0. The van der Waals surface area contributed by atoms with Crippen LogP contribution in [-0.4, -0.2) is 15.7 Å². The van der Waals surface area contributed by atoms with Crippen molar-refractivity contribution in [1.82, 2.24) is 9.59 Å². The Morgan fingerprint density at radius 2 is 2.24 bits per heavy atom. The summed E-state index contributed by atoms with van der Waals surface area (Å²) in [6.07, 6.45) is 3.90. The summed E-state index contributed by atoms with van der Waals surface area (Å²) in [5.41, 5.74) is 3.40. The topological polar surface area (TPSA) is 73.1 Å². The van der Waals surface area contributed by atoms with E-state index in [1.807, 2.05) is 0 Å². The maximum Gasteiger partial charge on any atom is 0.149 e. The van der Waals surface area contributed by atoms with Crippen LogP contribution in [0, 0.1) is 11.8 Å². The van der Waals surface area contributed by atoms with Crippen LogP contribution in [-0.2, 0) is 11.3 Å². The summed E-state index contributed by atoms with van der Waals surface area (Å²) in [6, 6.07) is 0. The van der Waals surface area contributed by atoms with E-state index in [0.29, 0.717) is 12.7 Å². The molecule has 0 aromatic carbocycles. The summed E-state index contributed by atoms with van der Waals surface area (Å²) in [5, 5.41) is 4.80. The van der Waals surface area contributed by atoms with Gasteiger partial charge in [0.25, 0.3) is 0 Å². The molecule has 3 N–H and O–H groups in total. The summed E-state index contributed by atoms with van der Waals surface area (Å²) in [5.74, 6) is 6.93. The van der Waals surface area contributed by atoms with Crippen molar-refractivity contribution in [1.29, 1.82) is 0 Å². The largest absolute Gasteiger partial charge is 0.372 e. The van der Waals surface area contributed by atoms with Crippen LogP contribution in [0.4, 0.5) is 5.00 Å². The van der Waals surface area contributed by atoms with Gasteiger partial charge in [-0.05, 0) is 31.1 Å². The Morgan fingerprint density at radius 1 is 1.41 bits per heavy atom. The second-order valence-electron chi connectivity index (χ2n) is 4.89. The first-order valence-corrected chi connectivity index (χ1v) is 6.87. The van der Waals surface area contributed by atoms with E-state index in [-0.39, 0.29) is 0 Å². The van der Waals surface area contributed by atoms with Crippen LogP contribution in [0.1, 0.15) is 38.8 Å². The van der Waals surface area contributed by atoms with E-state index in [9.17, 15) is 0 Å². The predicted octanol–water partition coefficient (Wildman–Crippen LogP) is 2.17. The van der Waals surface area contributed by atoms with Crippen LogP contribution < -0.4 is 11.3 Å². The fraction of sp³-hybridized carbons (Fsp3) is 0.818. The molecule has 2 rings (SSSR count). The van der Waals surface area contributed by atoms with Crippen molar-refractivity contribution < 1.29 is 4.74 Å². The Morgan fingerprint density at radius 3 is 2.94 bits per heavy atom. The van der Waals surface area contributed by atoms with Crippen LogP contribution in [0.3, 0.4) is 0 Å². The SMILES string of the molecule is CC1CCC(OCc2nnsc2NN)CC1C. The Labute approximate surface area is 106 Å². The lowest BCUT2D eigenvalue weighted by atomic mass is 9.80. The number of nitrogens with one attached hydrogen (secondary N) is 1. The number of rotatable bonds is 4. The first-order chi connectivity index (χ1) is 8.20. The number of nitrogens with zero attached hydrogens (tertiary/aromatic N) is 2. The van der Waals surface area contributed by atoms with Gasteiger partial charge in [-0.15, -0.1) is 5.10 Å². The molecular formula is C11H20N4OS. The van der Waals surface area contributed by atoms with Gasteiger partial charge in [0.1, 0.15) is 10.7 Å². The highest BCUT2D eigenvalue weighted by Crippen LogP contribution is 2.31. The second-order valence-corrected chi connectivity index (χ2v) is 5.65. The van der Waals surface area contributed by atoms with Gasteiger partial charge in [0.05, 0.1) is 12.7 Å². The quantitative estimate of drug-likeness (QED) is 0.638. The number of ether oxygens (including phenoxy) is 1. The minimum atomic E-state index is 0.355. The van der Waals surface area contributed by atoms with E-state index in [4.69, 9.17) is 10.6 Å². The lowest BCUT2D eigenvalue weighted by Gasteiger charge is -2.31. The van der Waals surface area contributed by atoms with Gasteiger partial charge >= 0.3 is 0 Å². The number of hydrogen-bond donors (Lipinski definition) is 2. The van der Waals surface area contributed by atoms with Crippen molar-refractivity contribution in [3.8, 4) is 0 Å². The molecule has 0 radical (unpaired) electrons. The normalized spacial score (nSPS) is 29.2. The fourth-order valence-corrected chi connectivity index (χ4v) is 2.74. The number of hydrogen-bond acceptors (Lipinski definition) is 6. The van der Waals surface area contributed by atoms with Crippen LogP contribution in [0.25, 0.3) is 0 Å². The molecule has 1 aliphatic carbocycles. The number of nitrogen functional groups attached to an aromatic ring is 1. The Kier molecular flexibility index (Phi) is 4.31. The van der Waals surface area contributed by atoms with Gasteiger partial charge in [-0.25, -0.2) is 5.84 Å². The third kappa shape index (κ3) is 3.14. The zero-order valence-electron chi connectivity index (χ0n) is 10.3. The minimum absolute atomic E-state index is 0.355. The van der Waals surface area contributed by atoms with Gasteiger partial charge in [0, 0.05) is 11.5 Å². The van der Waals surface area contributed by atoms with E-state index in [2.05, 4.69) is 28.9 Å². The Bertz CT molecular complexity index is 357. The smallest absolute Gasteiger partial charge is 0.149 e. The molecule has 17 heavy (non-hydrogen) atoms. The van der Waals surface area contributed by atoms with Crippen molar-refractivity contribution in [2.45, 2.75) is 45.8 Å². The maximum absolute atomic E-state index is 5.90. The highest BCUT2D eigenvalue weighted by Gasteiger charge is 2.25. The van der Waals surface area contributed by atoms with Crippen molar-refractivity contribution in [3.05, 3.63) is 5.69 Å². The van der Waals surface area contributed by atoms with E-state index < -0.39 is 0 Å².